The maximum absolute atomic E-state index is 4.71. The lowest BCUT2D eigenvalue weighted by atomic mass is 10.0. The first-order chi connectivity index (χ1) is 9.52. The summed E-state index contributed by atoms with van der Waals surface area (Å²) in [5.41, 5.74) is 0. The third-order valence-corrected chi connectivity index (χ3v) is 4.14. The van der Waals surface area contributed by atoms with E-state index in [0.29, 0.717) is 12.0 Å². The van der Waals surface area contributed by atoms with Gasteiger partial charge in [-0.1, -0.05) is 20.8 Å². The van der Waals surface area contributed by atoms with E-state index < -0.39 is 0 Å². The van der Waals surface area contributed by atoms with E-state index in [1.54, 1.807) is 0 Å². The van der Waals surface area contributed by atoms with Crippen molar-refractivity contribution in [1.29, 1.82) is 0 Å². The molecule has 0 aromatic heterocycles. The van der Waals surface area contributed by atoms with E-state index >= 15 is 0 Å². The maximum Gasteiger partial charge on any atom is 0.191 e. The number of nitrogens with one attached hydrogen (secondary N) is 2. The highest BCUT2D eigenvalue weighted by Crippen LogP contribution is 2.14. The van der Waals surface area contributed by atoms with Crippen LogP contribution in [-0.2, 0) is 0 Å². The standard InChI is InChI=1S/C16H34N4.HI/c1-6-17-16(19-15(5)13(2)3)18-9-11-20-10-7-8-14(4)12-20;/h13-15H,6-12H2,1-5H3,(H2,17,18,19);1H. The van der Waals surface area contributed by atoms with Crippen molar-refractivity contribution in [1.82, 2.24) is 15.5 Å². The SMILES string of the molecule is CCNC(=NCCN1CCCC(C)C1)NC(C)C(C)C.I. The first-order valence-corrected chi connectivity index (χ1v) is 8.30. The lowest BCUT2D eigenvalue weighted by Crippen LogP contribution is -2.44. The molecule has 0 aromatic rings. The molecule has 126 valence electrons. The van der Waals surface area contributed by atoms with Crippen molar-refractivity contribution >= 4 is 29.9 Å². The molecule has 1 fully saturated rings. The van der Waals surface area contributed by atoms with Crippen LogP contribution in [0.25, 0.3) is 0 Å². The van der Waals surface area contributed by atoms with Gasteiger partial charge >= 0.3 is 0 Å². The van der Waals surface area contributed by atoms with Gasteiger partial charge in [-0.05, 0) is 45.1 Å². The Labute approximate surface area is 148 Å². The van der Waals surface area contributed by atoms with Gasteiger partial charge in [0.1, 0.15) is 0 Å². The number of guanidine groups is 1. The normalized spacial score (nSPS) is 21.8. The number of rotatable bonds is 6. The minimum atomic E-state index is 0. The monoisotopic (exact) mass is 410 g/mol. The van der Waals surface area contributed by atoms with Gasteiger partial charge in [0.2, 0.25) is 0 Å². The van der Waals surface area contributed by atoms with Gasteiger partial charge in [0.25, 0.3) is 0 Å². The quantitative estimate of drug-likeness (QED) is 0.402. The van der Waals surface area contributed by atoms with E-state index in [1.807, 2.05) is 0 Å². The van der Waals surface area contributed by atoms with Gasteiger partial charge < -0.3 is 15.5 Å². The highest BCUT2D eigenvalue weighted by Gasteiger charge is 2.15. The molecule has 0 radical (unpaired) electrons. The average Bonchev–Trinajstić information content (AvgIpc) is 2.38. The van der Waals surface area contributed by atoms with Gasteiger partial charge in [-0.25, -0.2) is 0 Å². The number of likely N-dealkylation sites (tertiary alicyclic amines) is 1. The van der Waals surface area contributed by atoms with Crippen molar-refractivity contribution in [2.75, 3.05) is 32.7 Å². The number of hydrogen-bond acceptors (Lipinski definition) is 2. The van der Waals surface area contributed by atoms with Gasteiger partial charge in [-0.2, -0.15) is 0 Å². The molecule has 1 aliphatic heterocycles. The molecule has 21 heavy (non-hydrogen) atoms. The Bertz CT molecular complexity index is 294. The number of nitrogens with zero attached hydrogens (tertiary/aromatic N) is 2. The Hall–Kier alpha value is -0.0400. The second-order valence-corrected chi connectivity index (χ2v) is 6.49. The third kappa shape index (κ3) is 8.86. The number of halogens is 1. The second kappa shape index (κ2) is 11.5. The summed E-state index contributed by atoms with van der Waals surface area (Å²) in [5.74, 6) is 2.42. The maximum atomic E-state index is 4.71. The first kappa shape index (κ1) is 21.0. The minimum Gasteiger partial charge on any atom is -0.357 e. The lowest BCUT2D eigenvalue weighted by Gasteiger charge is -2.30. The van der Waals surface area contributed by atoms with Gasteiger partial charge in [-0.15, -0.1) is 24.0 Å². The van der Waals surface area contributed by atoms with Gasteiger partial charge in [-0.3, -0.25) is 4.99 Å². The fraction of sp³-hybridized carbons (Fsp3) is 0.938. The first-order valence-electron chi connectivity index (χ1n) is 8.30. The summed E-state index contributed by atoms with van der Waals surface area (Å²) in [6.07, 6.45) is 2.73. The molecule has 2 atom stereocenters. The molecule has 0 aliphatic carbocycles. The molecule has 0 saturated carbocycles. The Morgan fingerprint density at radius 3 is 2.62 bits per heavy atom. The van der Waals surface area contributed by atoms with Crippen molar-refractivity contribution in [2.45, 2.75) is 53.5 Å². The van der Waals surface area contributed by atoms with Crippen LogP contribution < -0.4 is 10.6 Å². The van der Waals surface area contributed by atoms with Crippen LogP contribution in [-0.4, -0.2) is 49.6 Å². The van der Waals surface area contributed by atoms with Crippen LogP contribution >= 0.6 is 24.0 Å². The summed E-state index contributed by atoms with van der Waals surface area (Å²) >= 11 is 0. The second-order valence-electron chi connectivity index (χ2n) is 6.49. The van der Waals surface area contributed by atoms with Crippen LogP contribution in [0.1, 0.15) is 47.5 Å². The Kier molecular flexibility index (Phi) is 11.5. The van der Waals surface area contributed by atoms with Crippen LogP contribution in [0.5, 0.6) is 0 Å². The highest BCUT2D eigenvalue weighted by molar-refractivity contribution is 14.0. The predicted octanol–water partition coefficient (Wildman–Crippen LogP) is 2.94. The van der Waals surface area contributed by atoms with Crippen molar-refractivity contribution < 1.29 is 0 Å². The summed E-state index contributed by atoms with van der Waals surface area (Å²) in [5, 5.41) is 6.82. The molecule has 0 bridgehead atoms. The van der Waals surface area contributed by atoms with E-state index in [1.165, 1.54) is 25.9 Å². The third-order valence-electron chi connectivity index (χ3n) is 4.14. The van der Waals surface area contributed by atoms with E-state index in [4.69, 9.17) is 4.99 Å². The Morgan fingerprint density at radius 2 is 2.05 bits per heavy atom. The molecule has 1 saturated heterocycles. The molecule has 0 amide bonds. The molecule has 4 nitrogen and oxygen atoms in total. The molecule has 2 N–H and O–H groups in total. The average molecular weight is 410 g/mol. The fourth-order valence-corrected chi connectivity index (χ4v) is 2.50. The molecule has 0 spiro atoms. The zero-order valence-electron chi connectivity index (χ0n) is 14.5. The van der Waals surface area contributed by atoms with E-state index in [2.05, 4.69) is 50.2 Å². The molecule has 1 heterocycles. The predicted molar refractivity (Wildman–Crippen MR) is 104 cm³/mol. The molecular formula is C16H35IN4. The van der Waals surface area contributed by atoms with Crippen molar-refractivity contribution in [3.05, 3.63) is 0 Å². The summed E-state index contributed by atoms with van der Waals surface area (Å²) < 4.78 is 0. The number of aliphatic imine (C=N–C) groups is 1. The smallest absolute Gasteiger partial charge is 0.191 e. The molecular weight excluding hydrogens is 375 g/mol. The summed E-state index contributed by atoms with van der Waals surface area (Å²) in [7, 11) is 0. The zero-order chi connectivity index (χ0) is 15.0. The van der Waals surface area contributed by atoms with E-state index in [9.17, 15) is 0 Å². The van der Waals surface area contributed by atoms with Crippen molar-refractivity contribution in [3.63, 3.8) is 0 Å². The van der Waals surface area contributed by atoms with Crippen LogP contribution in [0.3, 0.4) is 0 Å². The van der Waals surface area contributed by atoms with Gasteiger partial charge in [0.05, 0.1) is 6.54 Å². The summed E-state index contributed by atoms with van der Waals surface area (Å²) in [6.45, 7) is 16.5. The van der Waals surface area contributed by atoms with Gasteiger partial charge in [0, 0.05) is 25.7 Å². The highest BCUT2D eigenvalue weighted by atomic mass is 127. The molecule has 0 aromatic carbocycles. The number of piperidine rings is 1. The van der Waals surface area contributed by atoms with Crippen LogP contribution in [0.4, 0.5) is 0 Å². The molecule has 1 aliphatic rings. The van der Waals surface area contributed by atoms with Crippen LogP contribution in [0.2, 0.25) is 0 Å². The van der Waals surface area contributed by atoms with E-state index in [-0.39, 0.29) is 24.0 Å². The van der Waals surface area contributed by atoms with Crippen molar-refractivity contribution in [3.8, 4) is 0 Å². The number of hydrogen-bond donors (Lipinski definition) is 2. The largest absolute Gasteiger partial charge is 0.357 e. The Balaban J connectivity index is 0.00000400. The van der Waals surface area contributed by atoms with Crippen LogP contribution in [0.15, 0.2) is 4.99 Å². The molecule has 2 unspecified atom stereocenters. The fourth-order valence-electron chi connectivity index (χ4n) is 2.50. The lowest BCUT2D eigenvalue weighted by molar-refractivity contribution is 0.189. The summed E-state index contributed by atoms with van der Waals surface area (Å²) in [6, 6.07) is 0.447. The zero-order valence-corrected chi connectivity index (χ0v) is 16.8. The molecule has 5 heteroatoms. The van der Waals surface area contributed by atoms with Crippen molar-refractivity contribution in [2.24, 2.45) is 16.8 Å². The Morgan fingerprint density at radius 1 is 1.33 bits per heavy atom. The van der Waals surface area contributed by atoms with E-state index in [0.717, 1.165) is 31.5 Å². The summed E-state index contributed by atoms with van der Waals surface area (Å²) in [4.78, 5) is 7.26. The minimum absolute atomic E-state index is 0. The topological polar surface area (TPSA) is 39.7 Å². The molecule has 1 rings (SSSR count). The van der Waals surface area contributed by atoms with Crippen LogP contribution in [0, 0.1) is 11.8 Å². The van der Waals surface area contributed by atoms with Gasteiger partial charge in [0.15, 0.2) is 5.96 Å².